The van der Waals surface area contributed by atoms with Crippen LogP contribution in [0.1, 0.15) is 23.4 Å². The van der Waals surface area contributed by atoms with Crippen LogP contribution in [0.3, 0.4) is 0 Å². The number of hydrogen-bond donors (Lipinski definition) is 2. The third-order valence-corrected chi connectivity index (χ3v) is 4.46. The molecule has 3 aromatic rings. The van der Waals surface area contributed by atoms with E-state index >= 15 is 0 Å². The first-order chi connectivity index (χ1) is 9.83. The molecule has 3 rings (SSSR count). The maximum Gasteiger partial charge on any atom is 0.0534 e. The van der Waals surface area contributed by atoms with Crippen LogP contribution in [-0.2, 0) is 6.54 Å². The van der Waals surface area contributed by atoms with E-state index in [4.69, 9.17) is 0 Å². The second kappa shape index (κ2) is 6.03. The summed E-state index contributed by atoms with van der Waals surface area (Å²) in [5.74, 6) is 0. The van der Waals surface area contributed by atoms with Gasteiger partial charge in [0.2, 0.25) is 0 Å². The zero-order valence-electron chi connectivity index (χ0n) is 11.3. The van der Waals surface area contributed by atoms with Gasteiger partial charge in [0.1, 0.15) is 0 Å². The number of thiophene rings is 1. The fraction of sp³-hybridized carbons (Fsp3) is 0.188. The van der Waals surface area contributed by atoms with Crippen molar-refractivity contribution in [3.05, 3.63) is 65.3 Å². The molecule has 20 heavy (non-hydrogen) atoms. The molecule has 2 N–H and O–H groups in total. The van der Waals surface area contributed by atoms with Crippen molar-refractivity contribution in [2.75, 3.05) is 0 Å². The second-order valence-electron chi connectivity index (χ2n) is 4.77. The Hall–Kier alpha value is -1.91. The smallest absolute Gasteiger partial charge is 0.0534 e. The lowest BCUT2D eigenvalue weighted by molar-refractivity contribution is 0.579. The molecule has 102 valence electrons. The van der Waals surface area contributed by atoms with Crippen LogP contribution in [0.5, 0.6) is 0 Å². The quantitative estimate of drug-likeness (QED) is 0.743. The maximum atomic E-state index is 3.98. The SMILES string of the molecule is CC(NCc1ccc(-c2ccccc2)s1)c1cn[nH]c1. The molecule has 4 heteroatoms. The van der Waals surface area contributed by atoms with E-state index < -0.39 is 0 Å². The van der Waals surface area contributed by atoms with Crippen molar-refractivity contribution in [1.29, 1.82) is 0 Å². The zero-order valence-corrected chi connectivity index (χ0v) is 12.2. The number of rotatable bonds is 5. The Morgan fingerprint density at radius 3 is 2.80 bits per heavy atom. The lowest BCUT2D eigenvalue weighted by Gasteiger charge is -2.10. The molecule has 2 heterocycles. The molecule has 0 aliphatic carbocycles. The number of nitrogens with one attached hydrogen (secondary N) is 2. The molecule has 0 bridgehead atoms. The molecule has 2 aromatic heterocycles. The molecule has 1 atom stereocenters. The van der Waals surface area contributed by atoms with Gasteiger partial charge in [0.25, 0.3) is 0 Å². The van der Waals surface area contributed by atoms with Gasteiger partial charge in [0, 0.05) is 34.1 Å². The van der Waals surface area contributed by atoms with Crippen molar-refractivity contribution in [3.63, 3.8) is 0 Å². The van der Waals surface area contributed by atoms with Gasteiger partial charge in [-0.15, -0.1) is 11.3 Å². The first-order valence-corrected chi connectivity index (χ1v) is 7.51. The minimum Gasteiger partial charge on any atom is -0.305 e. The molecule has 0 aliphatic rings. The minimum absolute atomic E-state index is 0.302. The molecule has 0 radical (unpaired) electrons. The monoisotopic (exact) mass is 283 g/mol. The van der Waals surface area contributed by atoms with Gasteiger partial charge in [-0.05, 0) is 24.6 Å². The van der Waals surface area contributed by atoms with E-state index in [0.717, 1.165) is 6.54 Å². The molecule has 0 aliphatic heterocycles. The summed E-state index contributed by atoms with van der Waals surface area (Å²) in [4.78, 5) is 2.66. The average molecular weight is 283 g/mol. The van der Waals surface area contributed by atoms with Crippen molar-refractivity contribution in [1.82, 2.24) is 15.5 Å². The Labute approximate surface area is 122 Å². The topological polar surface area (TPSA) is 40.7 Å². The molecule has 0 amide bonds. The summed E-state index contributed by atoms with van der Waals surface area (Å²) in [5, 5.41) is 10.3. The molecule has 3 nitrogen and oxygen atoms in total. The van der Waals surface area contributed by atoms with Crippen molar-refractivity contribution >= 4 is 11.3 Å². The summed E-state index contributed by atoms with van der Waals surface area (Å²) in [5.41, 5.74) is 2.47. The highest BCUT2D eigenvalue weighted by atomic mass is 32.1. The van der Waals surface area contributed by atoms with Gasteiger partial charge in [-0.25, -0.2) is 0 Å². The van der Waals surface area contributed by atoms with Crippen LogP contribution in [0.25, 0.3) is 10.4 Å². The number of hydrogen-bond acceptors (Lipinski definition) is 3. The lowest BCUT2D eigenvalue weighted by Crippen LogP contribution is -2.16. The van der Waals surface area contributed by atoms with Crippen LogP contribution in [0.4, 0.5) is 0 Å². The van der Waals surface area contributed by atoms with E-state index in [0.29, 0.717) is 6.04 Å². The first kappa shape index (κ1) is 13.1. The van der Waals surface area contributed by atoms with E-state index in [-0.39, 0.29) is 0 Å². The number of nitrogens with zero attached hydrogens (tertiary/aromatic N) is 1. The largest absolute Gasteiger partial charge is 0.305 e. The number of aromatic amines is 1. The Balaban J connectivity index is 1.63. The Morgan fingerprint density at radius 2 is 2.05 bits per heavy atom. The Kier molecular flexibility index (Phi) is 3.95. The van der Waals surface area contributed by atoms with E-state index in [2.05, 4.69) is 58.8 Å². The summed E-state index contributed by atoms with van der Waals surface area (Å²) in [7, 11) is 0. The predicted molar refractivity (Wildman–Crippen MR) is 83.6 cm³/mol. The van der Waals surface area contributed by atoms with Gasteiger partial charge < -0.3 is 5.32 Å². The highest BCUT2D eigenvalue weighted by molar-refractivity contribution is 7.15. The molecule has 1 aromatic carbocycles. The maximum absolute atomic E-state index is 3.98. The van der Waals surface area contributed by atoms with Crippen LogP contribution < -0.4 is 5.32 Å². The fourth-order valence-corrected chi connectivity index (χ4v) is 3.06. The predicted octanol–water partition coefficient (Wildman–Crippen LogP) is 3.99. The fourth-order valence-electron chi connectivity index (χ4n) is 2.10. The molecule has 0 saturated heterocycles. The van der Waals surface area contributed by atoms with Crippen LogP contribution in [-0.4, -0.2) is 10.2 Å². The molecule has 0 saturated carbocycles. The van der Waals surface area contributed by atoms with Crippen molar-refractivity contribution in [2.24, 2.45) is 0 Å². The Bertz CT molecular complexity index is 643. The zero-order chi connectivity index (χ0) is 13.8. The molecule has 0 fully saturated rings. The summed E-state index contributed by atoms with van der Waals surface area (Å²) in [6.07, 6.45) is 3.79. The minimum atomic E-state index is 0.302. The van der Waals surface area contributed by atoms with Crippen LogP contribution in [0, 0.1) is 0 Å². The van der Waals surface area contributed by atoms with Gasteiger partial charge in [-0.2, -0.15) is 5.10 Å². The van der Waals surface area contributed by atoms with Gasteiger partial charge in [0.15, 0.2) is 0 Å². The van der Waals surface area contributed by atoms with E-state index in [1.54, 1.807) is 0 Å². The van der Waals surface area contributed by atoms with Crippen LogP contribution in [0.2, 0.25) is 0 Å². The van der Waals surface area contributed by atoms with Crippen molar-refractivity contribution in [2.45, 2.75) is 19.5 Å². The van der Waals surface area contributed by atoms with E-state index in [9.17, 15) is 0 Å². The average Bonchev–Trinajstić information content (AvgIpc) is 3.17. The normalized spacial score (nSPS) is 12.4. The van der Waals surface area contributed by atoms with Crippen molar-refractivity contribution < 1.29 is 0 Å². The molecule has 0 spiro atoms. The highest BCUT2D eigenvalue weighted by Gasteiger charge is 2.07. The third kappa shape index (κ3) is 2.98. The number of H-pyrrole nitrogens is 1. The lowest BCUT2D eigenvalue weighted by atomic mass is 10.2. The van der Waals surface area contributed by atoms with E-state index in [1.165, 1.54) is 20.9 Å². The van der Waals surface area contributed by atoms with Crippen LogP contribution in [0.15, 0.2) is 54.9 Å². The van der Waals surface area contributed by atoms with Crippen molar-refractivity contribution in [3.8, 4) is 10.4 Å². The van der Waals surface area contributed by atoms with Gasteiger partial charge in [-0.1, -0.05) is 30.3 Å². The molecular formula is C16H17N3S. The summed E-state index contributed by atoms with van der Waals surface area (Å²) >= 11 is 1.84. The molecule has 1 unspecified atom stereocenters. The number of aromatic nitrogens is 2. The van der Waals surface area contributed by atoms with Gasteiger partial charge in [0.05, 0.1) is 6.20 Å². The first-order valence-electron chi connectivity index (χ1n) is 6.69. The summed E-state index contributed by atoms with van der Waals surface area (Å²) in [6, 6.07) is 15.2. The second-order valence-corrected chi connectivity index (χ2v) is 5.93. The standard InChI is InChI=1S/C16H17N3S/c1-12(14-9-18-19-10-14)17-11-15-7-8-16(20-15)13-5-3-2-4-6-13/h2-10,12,17H,11H2,1H3,(H,18,19). The summed E-state index contributed by atoms with van der Waals surface area (Å²) in [6.45, 7) is 3.03. The molecular weight excluding hydrogens is 266 g/mol. The van der Waals surface area contributed by atoms with Crippen LogP contribution >= 0.6 is 11.3 Å². The van der Waals surface area contributed by atoms with Gasteiger partial charge >= 0.3 is 0 Å². The summed E-state index contributed by atoms with van der Waals surface area (Å²) < 4.78 is 0. The van der Waals surface area contributed by atoms with E-state index in [1.807, 2.05) is 29.8 Å². The van der Waals surface area contributed by atoms with Gasteiger partial charge in [-0.3, -0.25) is 5.10 Å². The Morgan fingerprint density at radius 1 is 1.20 bits per heavy atom. The highest BCUT2D eigenvalue weighted by Crippen LogP contribution is 2.28. The number of benzene rings is 1. The third-order valence-electron chi connectivity index (χ3n) is 3.32.